The second kappa shape index (κ2) is 6.65. The minimum absolute atomic E-state index is 0.211. The highest BCUT2D eigenvalue weighted by atomic mass is 32.2. The van der Waals surface area contributed by atoms with Gasteiger partial charge in [-0.1, -0.05) is 0 Å². The Labute approximate surface area is 85.0 Å². The molecule has 0 spiro atoms. The molecule has 0 aromatic heterocycles. The van der Waals surface area contributed by atoms with Crippen molar-refractivity contribution in [1.29, 1.82) is 0 Å². The Morgan fingerprint density at radius 3 is 3.00 bits per heavy atom. The summed E-state index contributed by atoms with van der Waals surface area (Å²) in [6.45, 7) is 4.01. The van der Waals surface area contributed by atoms with Crippen LogP contribution in [0.2, 0.25) is 0 Å². The van der Waals surface area contributed by atoms with E-state index in [-0.39, 0.29) is 6.10 Å². The molecule has 1 saturated heterocycles. The number of nitrogens with two attached hydrogens (primary N) is 1. The number of nitrogens with zero attached hydrogens (tertiary/aromatic N) is 1. The molecule has 0 amide bonds. The molecular formula is C9H20N2OS. The van der Waals surface area contributed by atoms with Crippen LogP contribution in [-0.2, 0) is 4.74 Å². The van der Waals surface area contributed by atoms with Gasteiger partial charge in [-0.2, -0.15) is 11.8 Å². The summed E-state index contributed by atoms with van der Waals surface area (Å²) >= 11 is 2.05. The van der Waals surface area contributed by atoms with Gasteiger partial charge in [0.25, 0.3) is 0 Å². The van der Waals surface area contributed by atoms with E-state index in [0.29, 0.717) is 6.54 Å². The fraction of sp³-hybridized carbons (Fsp3) is 1.00. The van der Waals surface area contributed by atoms with E-state index in [0.717, 1.165) is 6.54 Å². The third-order valence-electron chi connectivity index (χ3n) is 2.37. The molecule has 78 valence electrons. The van der Waals surface area contributed by atoms with Crippen LogP contribution in [0.3, 0.4) is 0 Å². The first-order chi connectivity index (χ1) is 6.36. The topological polar surface area (TPSA) is 38.5 Å². The van der Waals surface area contributed by atoms with Gasteiger partial charge in [-0.3, -0.25) is 4.90 Å². The molecule has 1 aliphatic heterocycles. The Morgan fingerprint density at radius 1 is 1.46 bits per heavy atom. The van der Waals surface area contributed by atoms with Gasteiger partial charge in [0.05, 0.1) is 6.10 Å². The Hall–Kier alpha value is 0.230. The molecule has 1 unspecified atom stereocenters. The van der Waals surface area contributed by atoms with Crippen molar-refractivity contribution >= 4 is 11.8 Å². The molecule has 1 heterocycles. The minimum Gasteiger partial charge on any atom is -0.379 e. The smallest absolute Gasteiger partial charge is 0.0820 e. The predicted molar refractivity (Wildman–Crippen MR) is 58.2 cm³/mol. The summed E-state index contributed by atoms with van der Waals surface area (Å²) in [5.41, 5.74) is 5.58. The summed E-state index contributed by atoms with van der Waals surface area (Å²) in [6, 6.07) is 0. The summed E-state index contributed by atoms with van der Waals surface area (Å²) in [7, 11) is 1.74. The van der Waals surface area contributed by atoms with E-state index >= 15 is 0 Å². The van der Waals surface area contributed by atoms with Crippen LogP contribution in [0.25, 0.3) is 0 Å². The van der Waals surface area contributed by atoms with Crippen LogP contribution in [0.4, 0.5) is 0 Å². The molecular weight excluding hydrogens is 184 g/mol. The summed E-state index contributed by atoms with van der Waals surface area (Å²) < 4.78 is 5.27. The van der Waals surface area contributed by atoms with Gasteiger partial charge in [0.2, 0.25) is 0 Å². The van der Waals surface area contributed by atoms with Crippen molar-refractivity contribution in [2.75, 3.05) is 44.8 Å². The highest BCUT2D eigenvalue weighted by molar-refractivity contribution is 7.99. The number of methoxy groups -OCH3 is 1. The lowest BCUT2D eigenvalue weighted by Crippen LogP contribution is -2.38. The molecule has 0 aromatic carbocycles. The predicted octanol–water partition coefficient (Wildman–Crippen LogP) is 0.399. The van der Waals surface area contributed by atoms with Crippen molar-refractivity contribution < 1.29 is 4.74 Å². The van der Waals surface area contributed by atoms with Crippen LogP contribution in [-0.4, -0.2) is 55.8 Å². The first-order valence-corrected chi connectivity index (χ1v) is 6.05. The molecule has 0 aliphatic carbocycles. The molecule has 4 heteroatoms. The second-order valence-electron chi connectivity index (χ2n) is 3.36. The molecule has 13 heavy (non-hydrogen) atoms. The van der Waals surface area contributed by atoms with Gasteiger partial charge >= 0.3 is 0 Å². The average molecular weight is 204 g/mol. The minimum atomic E-state index is 0.211. The monoisotopic (exact) mass is 204 g/mol. The molecule has 3 nitrogen and oxygen atoms in total. The van der Waals surface area contributed by atoms with E-state index in [4.69, 9.17) is 10.5 Å². The van der Waals surface area contributed by atoms with Crippen LogP contribution >= 0.6 is 11.8 Å². The molecule has 1 atom stereocenters. The van der Waals surface area contributed by atoms with Gasteiger partial charge in [0.15, 0.2) is 0 Å². The van der Waals surface area contributed by atoms with E-state index < -0.39 is 0 Å². The van der Waals surface area contributed by atoms with E-state index in [1.165, 1.54) is 31.0 Å². The maximum Gasteiger partial charge on any atom is 0.0820 e. The summed E-state index contributed by atoms with van der Waals surface area (Å²) in [5, 5.41) is 0. The van der Waals surface area contributed by atoms with Crippen LogP contribution in [0.5, 0.6) is 0 Å². The quantitative estimate of drug-likeness (QED) is 0.719. The Balaban J connectivity index is 2.24. The number of hydrogen-bond donors (Lipinski definition) is 1. The van der Waals surface area contributed by atoms with Crippen LogP contribution in [0.15, 0.2) is 0 Å². The number of hydrogen-bond acceptors (Lipinski definition) is 4. The molecule has 1 rings (SSSR count). The SMILES string of the molecule is COC(CN)CN1CCCSCC1. The maximum atomic E-state index is 5.58. The second-order valence-corrected chi connectivity index (χ2v) is 4.58. The molecule has 0 saturated carbocycles. The van der Waals surface area contributed by atoms with Crippen LogP contribution in [0.1, 0.15) is 6.42 Å². The van der Waals surface area contributed by atoms with Gasteiger partial charge in [-0.05, 0) is 18.7 Å². The Kier molecular flexibility index (Phi) is 5.78. The molecule has 1 aliphatic rings. The van der Waals surface area contributed by atoms with Gasteiger partial charge in [-0.15, -0.1) is 0 Å². The third-order valence-corrected chi connectivity index (χ3v) is 3.42. The molecule has 0 radical (unpaired) electrons. The molecule has 1 fully saturated rings. The van der Waals surface area contributed by atoms with Crippen LogP contribution in [0, 0.1) is 0 Å². The van der Waals surface area contributed by atoms with Gasteiger partial charge in [-0.25, -0.2) is 0 Å². The summed E-state index contributed by atoms with van der Waals surface area (Å²) in [5.74, 6) is 2.55. The fourth-order valence-corrected chi connectivity index (χ4v) is 2.44. The molecule has 0 aromatic rings. The van der Waals surface area contributed by atoms with E-state index in [9.17, 15) is 0 Å². The van der Waals surface area contributed by atoms with Gasteiger partial charge in [0, 0.05) is 32.5 Å². The largest absolute Gasteiger partial charge is 0.379 e. The van der Waals surface area contributed by atoms with Crippen molar-refractivity contribution in [3.05, 3.63) is 0 Å². The van der Waals surface area contributed by atoms with Crippen LogP contribution < -0.4 is 5.73 Å². The number of rotatable bonds is 4. The lowest BCUT2D eigenvalue weighted by Gasteiger charge is -2.24. The zero-order valence-corrected chi connectivity index (χ0v) is 9.18. The van der Waals surface area contributed by atoms with Crippen molar-refractivity contribution in [2.45, 2.75) is 12.5 Å². The summed E-state index contributed by atoms with van der Waals surface area (Å²) in [4.78, 5) is 2.46. The zero-order valence-electron chi connectivity index (χ0n) is 8.37. The van der Waals surface area contributed by atoms with Crippen molar-refractivity contribution in [3.8, 4) is 0 Å². The van der Waals surface area contributed by atoms with Gasteiger partial charge in [0.1, 0.15) is 0 Å². The lowest BCUT2D eigenvalue weighted by molar-refractivity contribution is 0.0725. The van der Waals surface area contributed by atoms with Crippen molar-refractivity contribution in [1.82, 2.24) is 4.90 Å². The number of ether oxygens (including phenoxy) is 1. The van der Waals surface area contributed by atoms with E-state index in [1.54, 1.807) is 7.11 Å². The Morgan fingerprint density at radius 2 is 2.31 bits per heavy atom. The fourth-order valence-electron chi connectivity index (χ4n) is 1.51. The molecule has 0 bridgehead atoms. The molecule has 2 N–H and O–H groups in total. The zero-order chi connectivity index (χ0) is 9.52. The first kappa shape index (κ1) is 11.3. The average Bonchev–Trinajstić information content (AvgIpc) is 2.42. The van der Waals surface area contributed by atoms with Crippen molar-refractivity contribution in [3.63, 3.8) is 0 Å². The highest BCUT2D eigenvalue weighted by Crippen LogP contribution is 2.10. The van der Waals surface area contributed by atoms with E-state index in [1.807, 2.05) is 11.8 Å². The maximum absolute atomic E-state index is 5.58. The Bertz CT molecular complexity index is 123. The van der Waals surface area contributed by atoms with Crippen molar-refractivity contribution in [2.24, 2.45) is 5.73 Å². The first-order valence-electron chi connectivity index (χ1n) is 4.89. The standard InChI is InChI=1S/C9H20N2OS/c1-12-9(7-10)8-11-3-2-5-13-6-4-11/h9H,2-8,10H2,1H3. The summed E-state index contributed by atoms with van der Waals surface area (Å²) in [6.07, 6.45) is 1.51. The third kappa shape index (κ3) is 4.31. The normalized spacial score (nSPS) is 22.6. The van der Waals surface area contributed by atoms with E-state index in [2.05, 4.69) is 4.90 Å². The number of thioether (sulfide) groups is 1. The lowest BCUT2D eigenvalue weighted by atomic mass is 10.3. The van der Waals surface area contributed by atoms with Gasteiger partial charge < -0.3 is 10.5 Å². The highest BCUT2D eigenvalue weighted by Gasteiger charge is 2.13.